The number of carbonyl (C=O) groups excluding carboxylic acids is 1. The minimum atomic E-state index is -0.180. The van der Waals surface area contributed by atoms with Crippen LogP contribution in [0.3, 0.4) is 0 Å². The maximum Gasteiger partial charge on any atom is 0.287 e. The predicted octanol–water partition coefficient (Wildman–Crippen LogP) is 3.53. The van der Waals surface area contributed by atoms with Crippen molar-refractivity contribution in [2.75, 3.05) is 6.26 Å². The quantitative estimate of drug-likeness (QED) is 0.746. The van der Waals surface area contributed by atoms with Gasteiger partial charge in [-0.15, -0.1) is 0 Å². The molecule has 3 aromatic heterocycles. The fraction of sp³-hybridized carbons (Fsp3) is 0.316. The van der Waals surface area contributed by atoms with Crippen LogP contribution in [0.5, 0.6) is 0 Å². The first-order valence-corrected chi connectivity index (χ1v) is 10.0. The Kier molecular flexibility index (Phi) is 4.79. The monoisotopic (exact) mass is 368 g/mol. The van der Waals surface area contributed by atoms with Crippen molar-refractivity contribution in [2.45, 2.75) is 31.1 Å². The van der Waals surface area contributed by atoms with Crippen LogP contribution in [-0.4, -0.2) is 26.9 Å². The van der Waals surface area contributed by atoms with Crippen LogP contribution in [-0.2, 0) is 12.2 Å². The minimum absolute atomic E-state index is 0.0576. The van der Waals surface area contributed by atoms with Crippen molar-refractivity contribution in [1.82, 2.24) is 20.1 Å². The van der Waals surface area contributed by atoms with Crippen molar-refractivity contribution >= 4 is 17.7 Å². The van der Waals surface area contributed by atoms with Crippen LogP contribution in [0.15, 0.2) is 47.1 Å². The van der Waals surface area contributed by atoms with E-state index in [1.54, 1.807) is 24.0 Å². The first-order valence-electron chi connectivity index (χ1n) is 8.63. The minimum Gasteiger partial charge on any atom is -0.455 e. The van der Waals surface area contributed by atoms with Gasteiger partial charge in [-0.2, -0.15) is 16.9 Å². The normalized spacial score (nSPS) is 16.3. The Hall–Kier alpha value is -2.54. The molecule has 3 heterocycles. The summed E-state index contributed by atoms with van der Waals surface area (Å²) in [5.41, 5.74) is 2.17. The molecule has 6 nitrogen and oxygen atoms in total. The topological polar surface area (TPSA) is 73.0 Å². The summed E-state index contributed by atoms with van der Waals surface area (Å²) in [5.74, 6) is 2.56. The second-order valence-corrected chi connectivity index (χ2v) is 7.13. The molecule has 0 saturated heterocycles. The molecule has 4 rings (SSSR count). The Morgan fingerprint density at radius 3 is 3.12 bits per heavy atom. The zero-order valence-electron chi connectivity index (χ0n) is 14.5. The summed E-state index contributed by atoms with van der Waals surface area (Å²) in [4.78, 5) is 16.9. The lowest BCUT2D eigenvalue weighted by molar-refractivity contribution is 0.0903. The van der Waals surface area contributed by atoms with Gasteiger partial charge in [-0.3, -0.25) is 4.79 Å². The Morgan fingerprint density at radius 2 is 2.31 bits per heavy atom. The smallest absolute Gasteiger partial charge is 0.287 e. The van der Waals surface area contributed by atoms with Crippen molar-refractivity contribution in [3.05, 3.63) is 65.5 Å². The maximum absolute atomic E-state index is 12.6. The molecule has 1 aliphatic carbocycles. The molecule has 0 saturated carbocycles. The van der Waals surface area contributed by atoms with E-state index in [1.807, 2.05) is 41.4 Å². The first kappa shape index (κ1) is 16.9. The number of carbonyl (C=O) groups is 1. The molecular weight excluding hydrogens is 348 g/mol. The van der Waals surface area contributed by atoms with Gasteiger partial charge in [0.15, 0.2) is 11.6 Å². The van der Waals surface area contributed by atoms with Crippen molar-refractivity contribution in [3.8, 4) is 5.82 Å². The molecule has 134 valence electrons. The molecule has 0 bridgehead atoms. The molecule has 0 fully saturated rings. The molecule has 0 unspecified atom stereocenters. The van der Waals surface area contributed by atoms with Crippen molar-refractivity contribution in [3.63, 3.8) is 0 Å². The third-order valence-electron chi connectivity index (χ3n) is 4.53. The van der Waals surface area contributed by atoms with E-state index in [2.05, 4.69) is 15.4 Å². The Balaban J connectivity index is 1.55. The number of furan rings is 1. The van der Waals surface area contributed by atoms with Gasteiger partial charge in [-0.25, -0.2) is 9.67 Å². The lowest BCUT2D eigenvalue weighted by Gasteiger charge is -2.23. The van der Waals surface area contributed by atoms with Gasteiger partial charge in [-0.05, 0) is 49.8 Å². The number of pyridine rings is 1. The average Bonchev–Trinajstić information content (AvgIpc) is 3.30. The molecule has 1 amide bonds. The van der Waals surface area contributed by atoms with Crippen molar-refractivity contribution in [2.24, 2.45) is 0 Å². The van der Waals surface area contributed by atoms with Gasteiger partial charge in [0.05, 0.1) is 23.7 Å². The molecule has 0 spiro atoms. The highest BCUT2D eigenvalue weighted by molar-refractivity contribution is 7.97. The number of amides is 1. The summed E-state index contributed by atoms with van der Waals surface area (Å²) >= 11 is 1.66. The van der Waals surface area contributed by atoms with Crippen molar-refractivity contribution < 1.29 is 9.21 Å². The summed E-state index contributed by atoms with van der Waals surface area (Å²) < 4.78 is 7.50. The molecule has 1 atom stereocenters. The highest BCUT2D eigenvalue weighted by Gasteiger charge is 2.27. The molecule has 0 aromatic carbocycles. The van der Waals surface area contributed by atoms with Crippen LogP contribution in [0.1, 0.15) is 46.5 Å². The number of rotatable bonds is 5. The second-order valence-electron chi connectivity index (χ2n) is 6.26. The number of hydrogen-bond donors (Lipinski definition) is 1. The van der Waals surface area contributed by atoms with Gasteiger partial charge in [0.1, 0.15) is 5.76 Å². The van der Waals surface area contributed by atoms with E-state index < -0.39 is 0 Å². The maximum atomic E-state index is 12.6. The summed E-state index contributed by atoms with van der Waals surface area (Å²) in [6.07, 6.45) is 8.42. The number of thioether (sulfide) groups is 1. The van der Waals surface area contributed by atoms with Gasteiger partial charge < -0.3 is 9.73 Å². The third kappa shape index (κ3) is 3.26. The number of fused-ring (bicyclic) bond motifs is 1. The Labute approximate surface area is 156 Å². The summed E-state index contributed by atoms with van der Waals surface area (Å²) in [5, 5.41) is 7.60. The molecule has 26 heavy (non-hydrogen) atoms. The van der Waals surface area contributed by atoms with E-state index in [1.165, 1.54) is 0 Å². The van der Waals surface area contributed by atoms with Crippen molar-refractivity contribution in [1.29, 1.82) is 0 Å². The van der Waals surface area contributed by atoms with E-state index in [-0.39, 0.29) is 11.9 Å². The predicted molar refractivity (Wildman–Crippen MR) is 100 cm³/mol. The fourth-order valence-corrected chi connectivity index (χ4v) is 3.77. The van der Waals surface area contributed by atoms with Crippen LogP contribution in [0.4, 0.5) is 0 Å². The summed E-state index contributed by atoms with van der Waals surface area (Å²) in [7, 11) is 0. The number of aromatic nitrogens is 3. The highest BCUT2D eigenvalue weighted by Crippen LogP contribution is 2.31. The van der Waals surface area contributed by atoms with Gasteiger partial charge in [0, 0.05) is 11.8 Å². The van der Waals surface area contributed by atoms with Gasteiger partial charge in [0.2, 0.25) is 0 Å². The molecule has 1 N–H and O–H groups in total. The lowest BCUT2D eigenvalue weighted by Crippen LogP contribution is -2.30. The number of nitrogens with one attached hydrogen (secondary N) is 1. The van der Waals surface area contributed by atoms with E-state index in [0.29, 0.717) is 5.76 Å². The third-order valence-corrected chi connectivity index (χ3v) is 5.10. The number of hydrogen-bond acceptors (Lipinski definition) is 5. The number of nitrogens with zero attached hydrogens (tertiary/aromatic N) is 3. The van der Waals surface area contributed by atoms with Crippen LogP contribution < -0.4 is 5.32 Å². The second kappa shape index (κ2) is 7.37. The molecule has 0 aliphatic heterocycles. The van der Waals surface area contributed by atoms with Crippen LogP contribution in [0, 0.1) is 0 Å². The molecule has 3 aromatic rings. The molecule has 1 aliphatic rings. The lowest BCUT2D eigenvalue weighted by atomic mass is 9.93. The van der Waals surface area contributed by atoms with Crippen LogP contribution >= 0.6 is 11.8 Å². The van der Waals surface area contributed by atoms with Gasteiger partial charge in [-0.1, -0.05) is 6.07 Å². The van der Waals surface area contributed by atoms with Gasteiger partial charge >= 0.3 is 0 Å². The van der Waals surface area contributed by atoms with E-state index in [9.17, 15) is 4.79 Å². The van der Waals surface area contributed by atoms with E-state index >= 15 is 0 Å². The van der Waals surface area contributed by atoms with E-state index in [0.717, 1.165) is 47.9 Å². The zero-order valence-corrected chi connectivity index (χ0v) is 15.3. The molecule has 7 heteroatoms. The van der Waals surface area contributed by atoms with Gasteiger partial charge in [0.25, 0.3) is 5.91 Å². The average molecular weight is 368 g/mol. The SMILES string of the molecule is CSCc1ccc(C(=O)N[C@H]2CCCc3c2cnn3-c2ccccn2)o1. The molecular formula is C19H20N4O2S. The van der Waals surface area contributed by atoms with E-state index in [4.69, 9.17) is 4.42 Å². The summed E-state index contributed by atoms with van der Waals surface area (Å²) in [6, 6.07) is 9.31. The Morgan fingerprint density at radius 1 is 1.38 bits per heavy atom. The molecule has 0 radical (unpaired) electrons. The standard InChI is InChI=1S/C19H20N4O2S/c1-26-12-13-8-9-17(25-13)19(24)22-15-5-4-6-16-14(15)11-21-23(16)18-7-2-3-10-20-18/h2-3,7-11,15H,4-6,12H2,1H3,(H,22,24)/t15-/m0/s1. The highest BCUT2D eigenvalue weighted by atomic mass is 32.2. The zero-order chi connectivity index (χ0) is 17.9. The summed E-state index contributed by atoms with van der Waals surface area (Å²) in [6.45, 7) is 0. The largest absolute Gasteiger partial charge is 0.455 e. The van der Waals surface area contributed by atoms with Crippen LogP contribution in [0.25, 0.3) is 5.82 Å². The fourth-order valence-electron chi connectivity index (χ4n) is 3.33. The first-order chi connectivity index (χ1) is 12.8. The Bertz CT molecular complexity index is 903. The van der Waals surface area contributed by atoms with Crippen LogP contribution in [0.2, 0.25) is 0 Å².